The molecule has 1 heterocycles. The molecule has 2 aromatic rings. The van der Waals surface area contributed by atoms with Gasteiger partial charge in [-0.15, -0.1) is 0 Å². The van der Waals surface area contributed by atoms with E-state index in [4.69, 9.17) is 9.47 Å². The first-order valence-corrected chi connectivity index (χ1v) is 9.43. The number of carbonyl (C=O) groups excluding carboxylic acids is 1. The molecule has 1 fully saturated rings. The van der Waals surface area contributed by atoms with Crippen molar-refractivity contribution >= 4 is 12.1 Å². The number of nitrogens with one attached hydrogen (secondary N) is 1. The van der Waals surface area contributed by atoms with Crippen LogP contribution in [-0.4, -0.2) is 37.4 Å². The molecule has 148 valence electrons. The summed E-state index contributed by atoms with van der Waals surface area (Å²) in [6, 6.07) is 15.0. The molecule has 2 aromatic carbocycles. The Morgan fingerprint density at radius 3 is 2.14 bits per heavy atom. The fourth-order valence-electron chi connectivity index (χ4n) is 3.23. The molecule has 0 unspecified atom stereocenters. The number of amides is 1. The van der Waals surface area contributed by atoms with Crippen molar-refractivity contribution in [2.24, 2.45) is 11.0 Å². The van der Waals surface area contributed by atoms with E-state index < -0.39 is 0 Å². The van der Waals surface area contributed by atoms with Crippen molar-refractivity contribution in [3.8, 4) is 11.5 Å². The van der Waals surface area contributed by atoms with Crippen LogP contribution >= 0.6 is 0 Å². The van der Waals surface area contributed by atoms with E-state index in [2.05, 4.69) is 24.3 Å². The largest absolute Gasteiger partial charge is 0.497 e. The minimum Gasteiger partial charge on any atom is -0.497 e. The number of hydrogen-bond donors (Lipinski definition) is 1. The van der Waals surface area contributed by atoms with Gasteiger partial charge in [0.1, 0.15) is 17.7 Å². The van der Waals surface area contributed by atoms with E-state index in [0.29, 0.717) is 5.92 Å². The van der Waals surface area contributed by atoms with Crippen LogP contribution in [0.15, 0.2) is 53.6 Å². The Morgan fingerprint density at radius 1 is 1.04 bits per heavy atom. The highest BCUT2D eigenvalue weighted by Crippen LogP contribution is 2.29. The molecule has 6 heteroatoms. The predicted octanol–water partition coefficient (Wildman–Crippen LogP) is 3.58. The third-order valence-corrected chi connectivity index (χ3v) is 4.71. The molecule has 1 N–H and O–H groups in total. The maximum Gasteiger partial charge on any atom is 0.261 e. The molecule has 2 atom stereocenters. The SMILES string of the molecule is COc1ccc(/C=N/N2C(=O)[C@H](CC(C)C)N[C@@H]2c2ccc(OC)cc2)cc1. The van der Waals surface area contributed by atoms with Crippen LogP contribution in [0.2, 0.25) is 0 Å². The normalized spacial score (nSPS) is 19.6. The molecule has 1 amide bonds. The van der Waals surface area contributed by atoms with Crippen molar-refractivity contribution in [3.63, 3.8) is 0 Å². The number of rotatable bonds is 7. The first-order valence-electron chi connectivity index (χ1n) is 9.43. The highest BCUT2D eigenvalue weighted by Gasteiger charge is 2.40. The molecule has 0 spiro atoms. The molecule has 3 rings (SSSR count). The zero-order valence-corrected chi connectivity index (χ0v) is 16.8. The number of benzene rings is 2. The van der Waals surface area contributed by atoms with Gasteiger partial charge in [-0.3, -0.25) is 10.1 Å². The number of methoxy groups -OCH3 is 2. The first-order chi connectivity index (χ1) is 13.5. The van der Waals surface area contributed by atoms with E-state index >= 15 is 0 Å². The molecule has 0 bridgehead atoms. The van der Waals surface area contributed by atoms with Gasteiger partial charge in [0.25, 0.3) is 5.91 Å². The topological polar surface area (TPSA) is 63.2 Å². The van der Waals surface area contributed by atoms with Gasteiger partial charge in [-0.25, -0.2) is 5.01 Å². The molecule has 0 aliphatic carbocycles. The van der Waals surface area contributed by atoms with Gasteiger partial charge in [-0.1, -0.05) is 26.0 Å². The fraction of sp³-hybridized carbons (Fsp3) is 0.364. The van der Waals surface area contributed by atoms with Crippen LogP contribution < -0.4 is 14.8 Å². The van der Waals surface area contributed by atoms with Gasteiger partial charge in [-0.05, 0) is 59.9 Å². The summed E-state index contributed by atoms with van der Waals surface area (Å²) >= 11 is 0. The summed E-state index contributed by atoms with van der Waals surface area (Å²) in [6.45, 7) is 4.22. The van der Waals surface area contributed by atoms with Gasteiger partial charge >= 0.3 is 0 Å². The lowest BCUT2D eigenvalue weighted by Gasteiger charge is -2.19. The summed E-state index contributed by atoms with van der Waals surface area (Å²) < 4.78 is 10.4. The number of ether oxygens (including phenoxy) is 2. The van der Waals surface area contributed by atoms with E-state index in [-0.39, 0.29) is 18.1 Å². The zero-order valence-electron chi connectivity index (χ0n) is 16.8. The van der Waals surface area contributed by atoms with E-state index in [1.807, 2.05) is 48.5 Å². The molecule has 1 aliphatic rings. The molecule has 1 saturated heterocycles. The summed E-state index contributed by atoms with van der Waals surface area (Å²) in [5.41, 5.74) is 1.86. The van der Waals surface area contributed by atoms with Crippen LogP contribution in [0.4, 0.5) is 0 Å². The van der Waals surface area contributed by atoms with Gasteiger partial charge in [-0.2, -0.15) is 5.10 Å². The second-order valence-corrected chi connectivity index (χ2v) is 7.23. The third-order valence-electron chi connectivity index (χ3n) is 4.71. The number of hydrogen-bond acceptors (Lipinski definition) is 5. The van der Waals surface area contributed by atoms with E-state index in [0.717, 1.165) is 29.0 Å². The molecule has 28 heavy (non-hydrogen) atoms. The van der Waals surface area contributed by atoms with Crippen LogP contribution in [0.5, 0.6) is 11.5 Å². The second-order valence-electron chi connectivity index (χ2n) is 7.23. The van der Waals surface area contributed by atoms with Gasteiger partial charge in [0.05, 0.1) is 26.5 Å². The number of hydrazone groups is 1. The molecule has 6 nitrogen and oxygen atoms in total. The maximum atomic E-state index is 13.0. The van der Waals surface area contributed by atoms with Gasteiger partial charge in [0.15, 0.2) is 0 Å². The Bertz CT molecular complexity index is 816. The Morgan fingerprint density at radius 2 is 1.61 bits per heavy atom. The average Bonchev–Trinajstić information content (AvgIpc) is 3.01. The summed E-state index contributed by atoms with van der Waals surface area (Å²) in [6.07, 6.45) is 2.16. The molecule has 0 aromatic heterocycles. The van der Waals surface area contributed by atoms with Crippen LogP contribution in [0.1, 0.15) is 37.6 Å². The van der Waals surface area contributed by atoms with E-state index in [1.54, 1.807) is 25.4 Å². The molecule has 0 saturated carbocycles. The van der Waals surface area contributed by atoms with Crippen molar-refractivity contribution in [2.45, 2.75) is 32.5 Å². The third kappa shape index (κ3) is 4.51. The van der Waals surface area contributed by atoms with Crippen LogP contribution in [-0.2, 0) is 4.79 Å². The standard InChI is InChI=1S/C22H27N3O3/c1-15(2)13-20-22(26)25(23-14-16-5-9-18(27-3)10-6-16)21(24-20)17-7-11-19(28-4)12-8-17/h5-12,14-15,20-21,24H,13H2,1-4H3/b23-14+/t20-,21-/m0/s1. The second kappa shape index (κ2) is 8.89. The lowest BCUT2D eigenvalue weighted by atomic mass is 10.0. The maximum absolute atomic E-state index is 13.0. The van der Waals surface area contributed by atoms with Crippen molar-refractivity contribution in [3.05, 3.63) is 59.7 Å². The summed E-state index contributed by atoms with van der Waals surface area (Å²) in [5.74, 6) is 1.95. The highest BCUT2D eigenvalue weighted by atomic mass is 16.5. The Labute approximate surface area is 166 Å². The van der Waals surface area contributed by atoms with Crippen molar-refractivity contribution in [1.29, 1.82) is 0 Å². The van der Waals surface area contributed by atoms with Crippen LogP contribution in [0.25, 0.3) is 0 Å². The smallest absolute Gasteiger partial charge is 0.261 e. The first kappa shape index (κ1) is 19.9. The minimum atomic E-state index is -0.309. The fourth-order valence-corrected chi connectivity index (χ4v) is 3.23. The minimum absolute atomic E-state index is 0.0146. The molecular weight excluding hydrogens is 354 g/mol. The van der Waals surface area contributed by atoms with Crippen LogP contribution in [0.3, 0.4) is 0 Å². The summed E-state index contributed by atoms with van der Waals surface area (Å²) in [5, 5.41) is 9.49. The molecular formula is C22H27N3O3. The Balaban J connectivity index is 1.85. The Kier molecular flexibility index (Phi) is 6.31. The highest BCUT2D eigenvalue weighted by molar-refractivity contribution is 5.87. The van der Waals surface area contributed by atoms with Gasteiger partial charge in [0, 0.05) is 0 Å². The summed E-state index contributed by atoms with van der Waals surface area (Å²) in [4.78, 5) is 13.0. The van der Waals surface area contributed by atoms with Crippen molar-refractivity contribution in [2.75, 3.05) is 14.2 Å². The average molecular weight is 381 g/mol. The van der Waals surface area contributed by atoms with Gasteiger partial charge in [0.2, 0.25) is 0 Å². The zero-order chi connectivity index (χ0) is 20.1. The number of nitrogens with zero attached hydrogens (tertiary/aromatic N) is 2. The Hall–Kier alpha value is -2.86. The lowest BCUT2D eigenvalue weighted by molar-refractivity contribution is -0.130. The lowest BCUT2D eigenvalue weighted by Crippen LogP contribution is -2.30. The van der Waals surface area contributed by atoms with Gasteiger partial charge < -0.3 is 9.47 Å². The monoisotopic (exact) mass is 381 g/mol. The quantitative estimate of drug-likeness (QED) is 0.745. The van der Waals surface area contributed by atoms with Crippen molar-refractivity contribution < 1.29 is 14.3 Å². The van der Waals surface area contributed by atoms with Crippen molar-refractivity contribution in [1.82, 2.24) is 10.3 Å². The number of carbonyl (C=O) groups is 1. The summed E-state index contributed by atoms with van der Waals surface area (Å²) in [7, 11) is 3.27. The van der Waals surface area contributed by atoms with E-state index in [9.17, 15) is 4.79 Å². The molecule has 1 aliphatic heterocycles. The predicted molar refractivity (Wildman–Crippen MR) is 110 cm³/mol. The van der Waals surface area contributed by atoms with E-state index in [1.165, 1.54) is 0 Å². The van der Waals surface area contributed by atoms with Crippen LogP contribution in [0, 0.1) is 5.92 Å². The molecule has 0 radical (unpaired) electrons.